The van der Waals surface area contributed by atoms with Gasteiger partial charge in [-0.15, -0.1) is 0 Å². The molecule has 2 amide bonds. The van der Waals surface area contributed by atoms with Crippen LogP contribution in [-0.2, 0) is 4.79 Å². The number of benzene rings is 2. The Labute approximate surface area is 172 Å². The number of ether oxygens (including phenoxy) is 3. The molecule has 0 saturated heterocycles. The molecule has 150 valence electrons. The number of amides is 2. The van der Waals surface area contributed by atoms with Crippen molar-refractivity contribution in [1.29, 1.82) is 0 Å². The van der Waals surface area contributed by atoms with E-state index in [1.165, 1.54) is 7.11 Å². The lowest BCUT2D eigenvalue weighted by Gasteiger charge is -2.12. The fraction of sp³-hybridized carbons (Fsp3) is 0.300. The van der Waals surface area contributed by atoms with Gasteiger partial charge < -0.3 is 14.2 Å². The Morgan fingerprint density at radius 1 is 1.00 bits per heavy atom. The summed E-state index contributed by atoms with van der Waals surface area (Å²) < 4.78 is 16.8. The maximum atomic E-state index is 12.2. The predicted octanol–water partition coefficient (Wildman–Crippen LogP) is 3.48. The Hall–Kier alpha value is -2.74. The van der Waals surface area contributed by atoms with E-state index >= 15 is 0 Å². The van der Waals surface area contributed by atoms with E-state index in [0.717, 1.165) is 12.8 Å². The summed E-state index contributed by atoms with van der Waals surface area (Å²) in [5.41, 5.74) is 5.04. The van der Waals surface area contributed by atoms with Crippen molar-refractivity contribution in [1.82, 2.24) is 10.9 Å². The molecule has 2 N–H and O–H groups in total. The molecule has 0 aliphatic rings. The van der Waals surface area contributed by atoms with Gasteiger partial charge in [0.2, 0.25) is 0 Å². The van der Waals surface area contributed by atoms with Crippen molar-refractivity contribution in [3.05, 3.63) is 52.5 Å². The van der Waals surface area contributed by atoms with Crippen molar-refractivity contribution in [3.63, 3.8) is 0 Å². The van der Waals surface area contributed by atoms with Crippen molar-refractivity contribution in [2.75, 3.05) is 20.3 Å². The largest absolute Gasteiger partial charge is 0.493 e. The van der Waals surface area contributed by atoms with E-state index < -0.39 is 11.8 Å². The van der Waals surface area contributed by atoms with Crippen molar-refractivity contribution in [2.24, 2.45) is 0 Å². The number of methoxy groups -OCH3 is 1. The average Bonchev–Trinajstić information content (AvgIpc) is 2.71. The van der Waals surface area contributed by atoms with E-state index in [1.54, 1.807) is 42.5 Å². The molecule has 2 rings (SSSR count). The van der Waals surface area contributed by atoms with Gasteiger partial charge in [-0.05, 0) is 52.7 Å². The number of hydrogen-bond acceptors (Lipinski definition) is 5. The maximum Gasteiger partial charge on any atom is 0.276 e. The second kappa shape index (κ2) is 11.2. The molecule has 8 heteroatoms. The highest BCUT2D eigenvalue weighted by molar-refractivity contribution is 9.10. The first kappa shape index (κ1) is 21.6. The zero-order valence-corrected chi connectivity index (χ0v) is 17.4. The first-order valence-electron chi connectivity index (χ1n) is 8.82. The lowest BCUT2D eigenvalue weighted by molar-refractivity contribution is -0.123. The van der Waals surface area contributed by atoms with Gasteiger partial charge in [0.05, 0.1) is 18.2 Å². The molecule has 0 aliphatic carbocycles. The van der Waals surface area contributed by atoms with Crippen LogP contribution in [0.25, 0.3) is 0 Å². The van der Waals surface area contributed by atoms with Crippen LogP contribution in [0.15, 0.2) is 46.9 Å². The van der Waals surface area contributed by atoms with Crippen LogP contribution in [0.5, 0.6) is 17.2 Å². The highest BCUT2D eigenvalue weighted by Gasteiger charge is 2.11. The monoisotopic (exact) mass is 450 g/mol. The molecule has 0 atom stereocenters. The number of carbonyl (C=O) groups excluding carboxylic acids is 2. The summed E-state index contributed by atoms with van der Waals surface area (Å²) in [6.45, 7) is 2.43. The molecule has 0 fully saturated rings. The maximum absolute atomic E-state index is 12.2. The highest BCUT2D eigenvalue weighted by atomic mass is 79.9. The lowest BCUT2D eigenvalue weighted by atomic mass is 10.2. The van der Waals surface area contributed by atoms with Gasteiger partial charge >= 0.3 is 0 Å². The summed E-state index contributed by atoms with van der Waals surface area (Å²) >= 11 is 3.39. The van der Waals surface area contributed by atoms with E-state index in [-0.39, 0.29) is 6.61 Å². The first-order chi connectivity index (χ1) is 13.5. The summed E-state index contributed by atoms with van der Waals surface area (Å²) in [7, 11) is 1.51. The van der Waals surface area contributed by atoms with Crippen LogP contribution in [0, 0.1) is 0 Å². The first-order valence-corrected chi connectivity index (χ1v) is 9.61. The summed E-state index contributed by atoms with van der Waals surface area (Å²) in [5.74, 6) is 0.669. The van der Waals surface area contributed by atoms with E-state index in [9.17, 15) is 9.59 Å². The lowest BCUT2D eigenvalue weighted by Crippen LogP contribution is -2.43. The molecule has 0 heterocycles. The molecule has 28 heavy (non-hydrogen) atoms. The summed E-state index contributed by atoms with van der Waals surface area (Å²) in [5, 5.41) is 0. The van der Waals surface area contributed by atoms with Crippen LogP contribution < -0.4 is 25.1 Å². The number of rotatable bonds is 9. The molecular weight excluding hydrogens is 428 g/mol. The molecule has 7 nitrogen and oxygen atoms in total. The number of nitrogens with one attached hydrogen (secondary N) is 2. The third kappa shape index (κ3) is 6.45. The van der Waals surface area contributed by atoms with Crippen molar-refractivity contribution < 1.29 is 23.8 Å². The fourth-order valence-electron chi connectivity index (χ4n) is 2.20. The van der Waals surface area contributed by atoms with Crippen LogP contribution in [0.1, 0.15) is 30.1 Å². The second-order valence-electron chi connectivity index (χ2n) is 5.79. The fourth-order valence-corrected chi connectivity index (χ4v) is 2.69. The Morgan fingerprint density at radius 3 is 2.43 bits per heavy atom. The van der Waals surface area contributed by atoms with Crippen molar-refractivity contribution in [3.8, 4) is 17.2 Å². The van der Waals surface area contributed by atoms with Gasteiger partial charge in [-0.2, -0.15) is 0 Å². The van der Waals surface area contributed by atoms with Crippen LogP contribution in [-0.4, -0.2) is 32.1 Å². The minimum atomic E-state index is -0.502. The van der Waals surface area contributed by atoms with Gasteiger partial charge in [-0.3, -0.25) is 20.4 Å². The summed E-state index contributed by atoms with van der Waals surface area (Å²) in [6, 6.07) is 11.9. The minimum Gasteiger partial charge on any atom is -0.493 e. The Bertz CT molecular complexity index is 813. The molecule has 0 radical (unpaired) electrons. The van der Waals surface area contributed by atoms with E-state index in [4.69, 9.17) is 14.2 Å². The molecular formula is C20H23BrN2O5. The molecule has 2 aromatic carbocycles. The third-order valence-corrected chi connectivity index (χ3v) is 4.31. The van der Waals surface area contributed by atoms with Gasteiger partial charge in [0.15, 0.2) is 18.1 Å². The Balaban J connectivity index is 1.82. The normalized spacial score (nSPS) is 10.1. The quantitative estimate of drug-likeness (QED) is 0.451. The zero-order chi connectivity index (χ0) is 20.4. The van der Waals surface area contributed by atoms with Crippen LogP contribution in [0.3, 0.4) is 0 Å². The van der Waals surface area contributed by atoms with Crippen LogP contribution >= 0.6 is 15.9 Å². The standard InChI is InChI=1S/C20H23BrN2O5/c1-3-4-11-27-16-10-9-14(12-15(16)21)20(25)23-22-19(24)13-28-18-8-6-5-7-17(18)26-2/h5-10,12H,3-4,11,13H2,1-2H3,(H,22,24)(H,23,25). The van der Waals surface area contributed by atoms with E-state index in [1.807, 2.05) is 0 Å². The molecule has 0 aliphatic heterocycles. The SMILES string of the molecule is CCCCOc1ccc(C(=O)NNC(=O)COc2ccccc2OC)cc1Br. The number of para-hydroxylation sites is 2. The van der Waals surface area contributed by atoms with Crippen LogP contribution in [0.4, 0.5) is 0 Å². The Morgan fingerprint density at radius 2 is 1.75 bits per heavy atom. The van der Waals surface area contributed by atoms with Gasteiger partial charge in [0.1, 0.15) is 5.75 Å². The highest BCUT2D eigenvalue weighted by Crippen LogP contribution is 2.26. The number of hydrogen-bond donors (Lipinski definition) is 2. The van der Waals surface area contributed by atoms with Gasteiger partial charge in [-0.25, -0.2) is 0 Å². The van der Waals surface area contributed by atoms with Crippen molar-refractivity contribution in [2.45, 2.75) is 19.8 Å². The van der Waals surface area contributed by atoms with E-state index in [2.05, 4.69) is 33.7 Å². The average molecular weight is 451 g/mol. The second-order valence-corrected chi connectivity index (χ2v) is 6.64. The van der Waals surface area contributed by atoms with Gasteiger partial charge in [-0.1, -0.05) is 25.5 Å². The smallest absolute Gasteiger partial charge is 0.276 e. The summed E-state index contributed by atoms with van der Waals surface area (Å²) in [6.07, 6.45) is 2.00. The van der Waals surface area contributed by atoms with Crippen LogP contribution in [0.2, 0.25) is 0 Å². The molecule has 0 aromatic heterocycles. The topological polar surface area (TPSA) is 85.9 Å². The Kier molecular flexibility index (Phi) is 8.61. The van der Waals surface area contributed by atoms with Gasteiger partial charge in [0, 0.05) is 5.56 Å². The number of halogens is 1. The molecule has 0 spiro atoms. The zero-order valence-electron chi connectivity index (χ0n) is 15.8. The molecule has 0 unspecified atom stereocenters. The van der Waals surface area contributed by atoms with Gasteiger partial charge in [0.25, 0.3) is 11.8 Å². The molecule has 0 saturated carbocycles. The summed E-state index contributed by atoms with van der Waals surface area (Å²) in [4.78, 5) is 24.1. The predicted molar refractivity (Wildman–Crippen MR) is 109 cm³/mol. The van der Waals surface area contributed by atoms with Crippen molar-refractivity contribution >= 4 is 27.7 Å². The van der Waals surface area contributed by atoms with E-state index in [0.29, 0.717) is 33.9 Å². The number of hydrazine groups is 1. The number of unbranched alkanes of at least 4 members (excludes halogenated alkanes) is 1. The third-order valence-electron chi connectivity index (χ3n) is 3.69. The minimum absolute atomic E-state index is 0.269. The molecule has 0 bridgehead atoms. The molecule has 2 aromatic rings. The number of carbonyl (C=O) groups is 2.